The van der Waals surface area contributed by atoms with E-state index in [1.54, 1.807) is 7.11 Å². The lowest BCUT2D eigenvalue weighted by Crippen LogP contribution is -2.30. The Bertz CT molecular complexity index is 1020. The highest BCUT2D eigenvalue weighted by molar-refractivity contribution is 14.1. The highest BCUT2D eigenvalue weighted by atomic mass is 127. The fraction of sp³-hybridized carbons (Fsp3) is 0.333. The Hall–Kier alpha value is -2.35. The van der Waals surface area contributed by atoms with E-state index < -0.39 is 0 Å². The summed E-state index contributed by atoms with van der Waals surface area (Å²) in [6.07, 6.45) is 0. The number of ether oxygens (including phenoxy) is 1. The number of benzene rings is 2. The van der Waals surface area contributed by atoms with Crippen molar-refractivity contribution in [2.75, 3.05) is 20.2 Å². The third kappa shape index (κ3) is 4.38. The van der Waals surface area contributed by atoms with Gasteiger partial charge in [-0.15, -0.1) is 0 Å². The van der Waals surface area contributed by atoms with Crippen LogP contribution in [0.15, 0.2) is 48.5 Å². The van der Waals surface area contributed by atoms with Crippen LogP contribution in [0.25, 0.3) is 0 Å². The molecule has 0 N–H and O–H groups in total. The van der Waals surface area contributed by atoms with E-state index in [0.29, 0.717) is 18.7 Å². The smallest absolute Gasteiger partial charge is 0.253 e. The maximum atomic E-state index is 12.7. The van der Waals surface area contributed by atoms with Crippen LogP contribution in [-0.4, -0.2) is 40.8 Å². The second kappa shape index (κ2) is 9.64. The lowest BCUT2D eigenvalue weighted by Gasteiger charge is -2.22. The zero-order chi connectivity index (χ0) is 21.8. The minimum absolute atomic E-state index is 0.0603. The lowest BCUT2D eigenvalue weighted by atomic mass is 9.97. The number of rotatable bonds is 7. The van der Waals surface area contributed by atoms with Crippen molar-refractivity contribution in [2.24, 2.45) is 0 Å². The summed E-state index contributed by atoms with van der Waals surface area (Å²) < 4.78 is 8.68. The van der Waals surface area contributed by atoms with Crippen LogP contribution in [0.4, 0.5) is 0 Å². The molecule has 0 aliphatic heterocycles. The second-order valence-corrected chi connectivity index (χ2v) is 8.29. The first-order valence-corrected chi connectivity index (χ1v) is 11.2. The van der Waals surface area contributed by atoms with Crippen LogP contribution in [0.1, 0.15) is 52.8 Å². The molecule has 0 bridgehead atoms. The molecule has 0 aliphatic rings. The standard InChI is InChI=1S/C24H28IN3O2/c1-6-27(7-2)24(29)19-13-11-18(12-14-19)23(20-9-8-10-21(15-20)30-5)28-17(4)22(25)16(3)26-28/h8-15,23H,6-7H2,1-5H3. The number of hydrogen-bond acceptors (Lipinski definition) is 3. The molecule has 0 aliphatic carbocycles. The number of aryl methyl sites for hydroxylation is 1. The highest BCUT2D eigenvalue weighted by Gasteiger charge is 2.23. The average molecular weight is 517 g/mol. The first-order chi connectivity index (χ1) is 14.4. The van der Waals surface area contributed by atoms with Gasteiger partial charge in [0.05, 0.1) is 22.1 Å². The Morgan fingerprint density at radius 2 is 1.77 bits per heavy atom. The second-order valence-electron chi connectivity index (χ2n) is 7.21. The number of carbonyl (C=O) groups is 1. The van der Waals surface area contributed by atoms with Crippen LogP contribution in [0.3, 0.4) is 0 Å². The van der Waals surface area contributed by atoms with Gasteiger partial charge in [-0.25, -0.2) is 0 Å². The summed E-state index contributed by atoms with van der Waals surface area (Å²) in [6.45, 7) is 9.52. The van der Waals surface area contributed by atoms with E-state index in [0.717, 1.165) is 31.8 Å². The molecule has 1 heterocycles. The van der Waals surface area contributed by atoms with Crippen molar-refractivity contribution in [3.8, 4) is 5.75 Å². The molecule has 1 amide bonds. The predicted molar refractivity (Wildman–Crippen MR) is 128 cm³/mol. The third-order valence-electron chi connectivity index (χ3n) is 5.41. The van der Waals surface area contributed by atoms with Crippen molar-refractivity contribution in [2.45, 2.75) is 33.7 Å². The van der Waals surface area contributed by atoms with Gasteiger partial charge in [-0.2, -0.15) is 5.10 Å². The van der Waals surface area contributed by atoms with Gasteiger partial charge >= 0.3 is 0 Å². The number of hydrogen-bond donors (Lipinski definition) is 0. The van der Waals surface area contributed by atoms with Crippen molar-refractivity contribution < 1.29 is 9.53 Å². The number of aromatic nitrogens is 2. The van der Waals surface area contributed by atoms with E-state index >= 15 is 0 Å². The topological polar surface area (TPSA) is 47.4 Å². The minimum Gasteiger partial charge on any atom is -0.497 e. The first kappa shape index (κ1) is 22.3. The maximum Gasteiger partial charge on any atom is 0.253 e. The van der Waals surface area contributed by atoms with E-state index in [-0.39, 0.29) is 11.9 Å². The van der Waals surface area contributed by atoms with Crippen molar-refractivity contribution in [3.05, 3.63) is 80.2 Å². The monoisotopic (exact) mass is 517 g/mol. The fourth-order valence-electron chi connectivity index (χ4n) is 3.68. The molecule has 6 heteroatoms. The molecule has 1 unspecified atom stereocenters. The minimum atomic E-state index is -0.111. The molecule has 30 heavy (non-hydrogen) atoms. The van der Waals surface area contributed by atoms with Gasteiger partial charge < -0.3 is 9.64 Å². The fourth-order valence-corrected chi connectivity index (χ4v) is 4.04. The molecule has 0 saturated carbocycles. The summed E-state index contributed by atoms with van der Waals surface area (Å²) in [5, 5.41) is 4.82. The number of halogens is 1. The molecule has 0 spiro atoms. The van der Waals surface area contributed by atoms with E-state index in [2.05, 4.69) is 40.3 Å². The summed E-state index contributed by atoms with van der Waals surface area (Å²) in [5.74, 6) is 0.868. The Balaban J connectivity index is 2.08. The molecule has 1 aromatic heterocycles. The molecule has 5 nitrogen and oxygen atoms in total. The van der Waals surface area contributed by atoms with Gasteiger partial charge in [-0.05, 0) is 85.7 Å². The van der Waals surface area contributed by atoms with E-state index in [1.165, 1.54) is 0 Å². The number of amides is 1. The zero-order valence-electron chi connectivity index (χ0n) is 18.1. The maximum absolute atomic E-state index is 12.7. The molecular weight excluding hydrogens is 489 g/mol. The largest absolute Gasteiger partial charge is 0.497 e. The molecule has 0 saturated heterocycles. The number of nitrogens with zero attached hydrogens (tertiary/aromatic N) is 3. The van der Waals surface area contributed by atoms with Crippen LogP contribution in [0.5, 0.6) is 5.75 Å². The highest BCUT2D eigenvalue weighted by Crippen LogP contribution is 2.32. The average Bonchev–Trinajstić information content (AvgIpc) is 3.02. The van der Waals surface area contributed by atoms with E-state index in [4.69, 9.17) is 9.84 Å². The van der Waals surface area contributed by atoms with Crippen LogP contribution in [0, 0.1) is 17.4 Å². The van der Waals surface area contributed by atoms with Gasteiger partial charge in [0, 0.05) is 18.7 Å². The van der Waals surface area contributed by atoms with Crippen LogP contribution >= 0.6 is 22.6 Å². The SMILES string of the molecule is CCN(CC)C(=O)c1ccc(C(c2cccc(OC)c2)n2nc(C)c(I)c2C)cc1. The van der Waals surface area contributed by atoms with E-state index in [9.17, 15) is 4.79 Å². The van der Waals surface area contributed by atoms with Crippen LogP contribution in [0.2, 0.25) is 0 Å². The summed E-state index contributed by atoms with van der Waals surface area (Å²) in [6, 6.07) is 15.9. The molecule has 1 atom stereocenters. The number of methoxy groups -OCH3 is 1. The predicted octanol–water partition coefficient (Wildman–Crippen LogP) is 5.23. The third-order valence-corrected chi connectivity index (χ3v) is 6.98. The molecular formula is C24H28IN3O2. The van der Waals surface area contributed by atoms with Crippen molar-refractivity contribution >= 4 is 28.5 Å². The first-order valence-electron chi connectivity index (χ1n) is 10.2. The van der Waals surface area contributed by atoms with Gasteiger partial charge in [0.15, 0.2) is 0 Å². The van der Waals surface area contributed by atoms with Gasteiger partial charge in [0.2, 0.25) is 0 Å². The lowest BCUT2D eigenvalue weighted by molar-refractivity contribution is 0.0773. The van der Waals surface area contributed by atoms with Crippen molar-refractivity contribution in [1.29, 1.82) is 0 Å². The summed E-state index contributed by atoms with van der Waals surface area (Å²) in [7, 11) is 1.67. The molecule has 0 fully saturated rings. The summed E-state index contributed by atoms with van der Waals surface area (Å²) in [5.41, 5.74) is 4.98. The Morgan fingerprint density at radius 3 is 2.30 bits per heavy atom. The van der Waals surface area contributed by atoms with Gasteiger partial charge in [-0.3, -0.25) is 9.48 Å². The Kier molecular flexibility index (Phi) is 7.18. The molecule has 3 rings (SSSR count). The van der Waals surface area contributed by atoms with Gasteiger partial charge in [-0.1, -0.05) is 24.3 Å². The Morgan fingerprint density at radius 1 is 1.10 bits per heavy atom. The zero-order valence-corrected chi connectivity index (χ0v) is 20.3. The molecule has 158 valence electrons. The van der Waals surface area contributed by atoms with Crippen molar-refractivity contribution in [1.82, 2.24) is 14.7 Å². The van der Waals surface area contributed by atoms with Crippen molar-refractivity contribution in [3.63, 3.8) is 0 Å². The summed E-state index contributed by atoms with van der Waals surface area (Å²) >= 11 is 2.35. The molecule has 3 aromatic rings. The number of carbonyl (C=O) groups excluding carboxylic acids is 1. The van der Waals surface area contributed by atoms with Crippen LogP contribution in [-0.2, 0) is 0 Å². The normalized spacial score (nSPS) is 11.9. The summed E-state index contributed by atoms with van der Waals surface area (Å²) in [4.78, 5) is 14.5. The molecule has 0 radical (unpaired) electrons. The Labute approximate surface area is 192 Å². The molecule has 2 aromatic carbocycles. The van der Waals surface area contributed by atoms with Crippen LogP contribution < -0.4 is 4.74 Å². The van der Waals surface area contributed by atoms with Gasteiger partial charge in [0.25, 0.3) is 5.91 Å². The van der Waals surface area contributed by atoms with E-state index in [1.807, 2.05) is 68.1 Å². The van der Waals surface area contributed by atoms with Gasteiger partial charge in [0.1, 0.15) is 11.8 Å². The quantitative estimate of drug-likeness (QED) is 0.404.